The van der Waals surface area contributed by atoms with Crippen LogP contribution in [-0.2, 0) is 17.4 Å². The number of nitrogens with one attached hydrogen (secondary N) is 3. The molecule has 0 aliphatic heterocycles. The lowest BCUT2D eigenvalue weighted by Gasteiger charge is -2.15. The molecule has 7 nitrogen and oxygen atoms in total. The zero-order chi connectivity index (χ0) is 20.9. The fraction of sp³-hybridized carbons (Fsp3) is 0.353. The Balaban J connectivity index is 2.16. The van der Waals surface area contributed by atoms with Gasteiger partial charge < -0.3 is 21.4 Å². The Kier molecular flexibility index (Phi) is 7.05. The van der Waals surface area contributed by atoms with E-state index in [1.165, 1.54) is 18.2 Å². The van der Waals surface area contributed by atoms with Crippen molar-refractivity contribution in [3.05, 3.63) is 39.7 Å². The molecule has 0 radical (unpaired) electrons. The molecule has 0 aliphatic carbocycles. The average Bonchev–Trinajstić information content (AvgIpc) is 2.57. The molecule has 152 valence electrons. The molecule has 2 amide bonds. The van der Waals surface area contributed by atoms with Gasteiger partial charge in [0, 0.05) is 45.7 Å². The molecule has 0 spiro atoms. The molecule has 5 N–H and O–H groups in total. The lowest BCUT2D eigenvalue weighted by Crippen LogP contribution is -2.31. The van der Waals surface area contributed by atoms with Gasteiger partial charge in [-0.15, -0.1) is 0 Å². The van der Waals surface area contributed by atoms with Crippen molar-refractivity contribution in [2.75, 3.05) is 18.8 Å². The standard InChI is InChI=1S/C17H18BrF3N4O3/c18-16(28)24-6-2-1-5-23-13(26)8-11-14(17(19,20)21)10-4-3-9(22)7-12(10)25-15(11)27/h3-4,7H,1-2,5-6,8,22H2,(H,23,26)(H,24,28)(H,25,27). The minimum atomic E-state index is -4.81. The number of nitrogens with two attached hydrogens (primary N) is 1. The van der Waals surface area contributed by atoms with Crippen molar-refractivity contribution in [1.82, 2.24) is 15.6 Å². The molecule has 1 aromatic heterocycles. The van der Waals surface area contributed by atoms with Gasteiger partial charge in [0.1, 0.15) is 0 Å². The van der Waals surface area contributed by atoms with Crippen molar-refractivity contribution in [2.24, 2.45) is 0 Å². The van der Waals surface area contributed by atoms with Crippen molar-refractivity contribution in [2.45, 2.75) is 25.4 Å². The molecular weight excluding hydrogens is 445 g/mol. The zero-order valence-electron chi connectivity index (χ0n) is 14.6. The number of rotatable bonds is 7. The molecule has 0 unspecified atom stereocenters. The van der Waals surface area contributed by atoms with Crippen LogP contribution in [0.3, 0.4) is 0 Å². The molecule has 11 heteroatoms. The van der Waals surface area contributed by atoms with E-state index in [0.717, 1.165) is 0 Å². The van der Waals surface area contributed by atoms with Crippen LogP contribution in [0.4, 0.5) is 23.7 Å². The highest BCUT2D eigenvalue weighted by Crippen LogP contribution is 2.36. The SMILES string of the molecule is Nc1ccc2c(C(F)(F)F)c(CC(=O)NCCCCNC(=O)Br)c(=O)[nH]c2c1. The van der Waals surface area contributed by atoms with Gasteiger partial charge in [-0.3, -0.25) is 14.4 Å². The van der Waals surface area contributed by atoms with Gasteiger partial charge in [-0.05, 0) is 25.0 Å². The maximum atomic E-state index is 13.6. The van der Waals surface area contributed by atoms with Crippen LogP contribution < -0.4 is 21.9 Å². The quantitative estimate of drug-likeness (QED) is 0.219. The van der Waals surface area contributed by atoms with Crippen LogP contribution in [0, 0.1) is 0 Å². The minimum absolute atomic E-state index is 0.0460. The largest absolute Gasteiger partial charge is 0.417 e. The van der Waals surface area contributed by atoms with Gasteiger partial charge in [0.25, 0.3) is 10.4 Å². The second-order valence-electron chi connectivity index (χ2n) is 6.04. The number of halogens is 4. The molecular formula is C17H18BrF3N4O3. The molecule has 0 aliphatic rings. The van der Waals surface area contributed by atoms with E-state index in [4.69, 9.17) is 5.73 Å². The number of anilines is 1. The van der Waals surface area contributed by atoms with Crippen LogP contribution in [-0.4, -0.2) is 28.8 Å². The number of carbonyl (C=O) groups excluding carboxylic acids is 2. The van der Waals surface area contributed by atoms with E-state index in [0.29, 0.717) is 19.4 Å². The molecule has 1 aromatic carbocycles. The summed E-state index contributed by atoms with van der Waals surface area (Å²) in [5.41, 5.74) is 2.96. The predicted octanol–water partition coefficient (Wildman–Crippen LogP) is 2.67. The number of fused-ring (bicyclic) bond motifs is 1. The van der Waals surface area contributed by atoms with Crippen molar-refractivity contribution < 1.29 is 22.8 Å². The summed E-state index contributed by atoms with van der Waals surface area (Å²) in [6.45, 7) is 0.603. The Hall–Kier alpha value is -2.56. The summed E-state index contributed by atoms with van der Waals surface area (Å²) in [7, 11) is 0. The first-order chi connectivity index (χ1) is 13.1. The molecule has 1 heterocycles. The molecule has 0 fully saturated rings. The van der Waals surface area contributed by atoms with E-state index < -0.39 is 35.2 Å². The van der Waals surface area contributed by atoms with Gasteiger partial charge in [-0.1, -0.05) is 6.07 Å². The third-order valence-corrected chi connectivity index (χ3v) is 4.23. The third kappa shape index (κ3) is 5.72. The number of aromatic amines is 1. The highest BCUT2D eigenvalue weighted by Gasteiger charge is 2.37. The number of pyridine rings is 1. The molecule has 2 aromatic rings. The molecule has 0 atom stereocenters. The van der Waals surface area contributed by atoms with Crippen molar-refractivity contribution in [3.8, 4) is 0 Å². The van der Waals surface area contributed by atoms with E-state index in [2.05, 4.69) is 31.5 Å². The number of amides is 2. The highest BCUT2D eigenvalue weighted by atomic mass is 79.9. The number of benzene rings is 1. The second-order valence-corrected chi connectivity index (χ2v) is 6.77. The number of hydrogen-bond donors (Lipinski definition) is 4. The molecule has 0 saturated heterocycles. The summed E-state index contributed by atoms with van der Waals surface area (Å²) >= 11 is 2.70. The lowest BCUT2D eigenvalue weighted by atomic mass is 10.00. The van der Waals surface area contributed by atoms with Crippen molar-refractivity contribution >= 4 is 43.2 Å². The maximum absolute atomic E-state index is 13.6. The van der Waals surface area contributed by atoms with Gasteiger partial charge in [0.2, 0.25) is 5.91 Å². The number of H-pyrrole nitrogens is 1. The Morgan fingerprint density at radius 1 is 1.14 bits per heavy atom. The van der Waals surface area contributed by atoms with E-state index in [1.807, 2.05) is 0 Å². The normalized spacial score (nSPS) is 11.4. The van der Waals surface area contributed by atoms with Crippen molar-refractivity contribution in [1.29, 1.82) is 0 Å². The molecule has 0 saturated carbocycles. The van der Waals surface area contributed by atoms with Crippen LogP contribution in [0.2, 0.25) is 0 Å². The predicted molar refractivity (Wildman–Crippen MR) is 102 cm³/mol. The van der Waals surface area contributed by atoms with Gasteiger partial charge >= 0.3 is 6.18 Å². The maximum Gasteiger partial charge on any atom is 0.417 e. The number of alkyl halides is 3. The Bertz CT molecular complexity index is 944. The highest BCUT2D eigenvalue weighted by molar-refractivity contribution is 9.18. The smallest absolute Gasteiger partial charge is 0.399 e. The Morgan fingerprint density at radius 3 is 2.39 bits per heavy atom. The van der Waals surface area contributed by atoms with Crippen LogP contribution in [0.25, 0.3) is 10.9 Å². The van der Waals surface area contributed by atoms with E-state index in [1.54, 1.807) is 0 Å². The summed E-state index contributed by atoms with van der Waals surface area (Å²) in [6.07, 6.45) is -4.43. The van der Waals surface area contributed by atoms with Crippen LogP contribution >= 0.6 is 15.9 Å². The van der Waals surface area contributed by atoms with Gasteiger partial charge in [-0.25, -0.2) is 0 Å². The van der Waals surface area contributed by atoms with E-state index in [9.17, 15) is 27.6 Å². The first-order valence-corrected chi connectivity index (χ1v) is 9.10. The molecule has 28 heavy (non-hydrogen) atoms. The fourth-order valence-electron chi connectivity index (χ4n) is 2.74. The summed E-state index contributed by atoms with van der Waals surface area (Å²) in [5.74, 6) is -0.699. The van der Waals surface area contributed by atoms with Crippen LogP contribution in [0.5, 0.6) is 0 Å². The first-order valence-electron chi connectivity index (χ1n) is 8.31. The van der Waals surface area contributed by atoms with E-state index in [-0.39, 0.29) is 28.0 Å². The van der Waals surface area contributed by atoms with Crippen LogP contribution in [0.15, 0.2) is 23.0 Å². The van der Waals surface area contributed by atoms with Crippen molar-refractivity contribution in [3.63, 3.8) is 0 Å². The third-order valence-electron chi connectivity index (χ3n) is 3.95. The number of aromatic nitrogens is 1. The van der Waals surface area contributed by atoms with Crippen LogP contribution in [0.1, 0.15) is 24.0 Å². The topological polar surface area (TPSA) is 117 Å². The summed E-state index contributed by atoms with van der Waals surface area (Å²) in [6, 6.07) is 3.70. The lowest BCUT2D eigenvalue weighted by molar-refractivity contribution is -0.137. The zero-order valence-corrected chi connectivity index (χ0v) is 16.2. The number of unbranched alkanes of at least 4 members (excludes halogenated alkanes) is 1. The van der Waals surface area contributed by atoms with Gasteiger partial charge in [0.05, 0.1) is 17.5 Å². The second kappa shape index (κ2) is 9.09. The molecule has 2 rings (SSSR count). The summed E-state index contributed by atoms with van der Waals surface area (Å²) < 4.78 is 40.8. The Labute approximate surface area is 166 Å². The van der Waals surface area contributed by atoms with Gasteiger partial charge in [0.15, 0.2) is 0 Å². The number of carbonyl (C=O) groups is 2. The summed E-state index contributed by atoms with van der Waals surface area (Å²) in [5, 5.41) is 4.76. The number of hydrogen-bond acceptors (Lipinski definition) is 4. The first kappa shape index (κ1) is 21.7. The van der Waals surface area contributed by atoms with E-state index >= 15 is 0 Å². The minimum Gasteiger partial charge on any atom is -0.399 e. The Morgan fingerprint density at radius 2 is 1.79 bits per heavy atom. The summed E-state index contributed by atoms with van der Waals surface area (Å²) in [4.78, 5) is 36.9. The van der Waals surface area contributed by atoms with Gasteiger partial charge in [-0.2, -0.15) is 13.2 Å². The molecule has 0 bridgehead atoms. The fourth-order valence-corrected chi connectivity index (χ4v) is 2.94. The number of nitrogen functional groups attached to an aromatic ring is 1. The average molecular weight is 463 g/mol. The monoisotopic (exact) mass is 462 g/mol.